The lowest BCUT2D eigenvalue weighted by Gasteiger charge is -2.42. The topological polar surface area (TPSA) is 116 Å². The summed E-state index contributed by atoms with van der Waals surface area (Å²) in [5.41, 5.74) is 3.08. The summed E-state index contributed by atoms with van der Waals surface area (Å²) >= 11 is 0. The summed E-state index contributed by atoms with van der Waals surface area (Å²) in [6, 6.07) is 17.4. The highest BCUT2D eigenvalue weighted by molar-refractivity contribution is 7.52. The summed E-state index contributed by atoms with van der Waals surface area (Å²) in [4.78, 5) is 49.6. The first-order valence-corrected chi connectivity index (χ1v) is 18.3. The van der Waals surface area contributed by atoms with Crippen molar-refractivity contribution in [3.63, 3.8) is 0 Å². The Morgan fingerprint density at radius 1 is 0.886 bits per heavy atom. The number of nitrogens with one attached hydrogen (secondary N) is 1. The Kier molecular flexibility index (Phi) is 13.5. The quantitative estimate of drug-likeness (QED) is 0.149. The summed E-state index contributed by atoms with van der Waals surface area (Å²) in [5.74, 6) is -1.21. The fraction of sp³-hybridized carbons (Fsp3) is 0.600. The molecule has 0 aromatic heterocycles. The average Bonchev–Trinajstić information content (AvgIpc) is 3.03. The minimum atomic E-state index is -4.59. The molecule has 2 aromatic rings. The minimum absolute atomic E-state index is 0.0463. The van der Waals surface area contributed by atoms with Crippen molar-refractivity contribution < 1.29 is 28.7 Å². The van der Waals surface area contributed by atoms with E-state index in [4.69, 9.17) is 4.74 Å². The van der Waals surface area contributed by atoms with E-state index in [2.05, 4.69) is 17.4 Å². The van der Waals surface area contributed by atoms with E-state index in [1.165, 1.54) is 6.42 Å². The smallest absolute Gasteiger partial charge is 0.342 e. The van der Waals surface area contributed by atoms with E-state index in [1.54, 1.807) is 6.92 Å². The fourth-order valence-electron chi connectivity index (χ4n) is 7.00. The SMILES string of the molecule is CCOC(=O)CCNC(=O)C(Cc1ccc(-c2ccccc2)cc1)N(CC1CCCCC1)C(CC1CCCCC1)P(=O)(O)O. The number of ether oxygens (including phenoxy) is 1. The van der Waals surface area contributed by atoms with E-state index in [0.717, 1.165) is 74.5 Å². The van der Waals surface area contributed by atoms with Gasteiger partial charge in [-0.2, -0.15) is 0 Å². The van der Waals surface area contributed by atoms with Gasteiger partial charge in [0.05, 0.1) is 19.1 Å². The number of carbonyl (C=O) groups is 2. The zero-order chi connectivity index (χ0) is 31.4. The summed E-state index contributed by atoms with van der Waals surface area (Å²) in [5, 5.41) is 2.92. The molecule has 0 heterocycles. The van der Waals surface area contributed by atoms with Crippen molar-refractivity contribution in [2.24, 2.45) is 11.8 Å². The highest BCUT2D eigenvalue weighted by atomic mass is 31.2. The van der Waals surface area contributed by atoms with Crippen LogP contribution in [0.4, 0.5) is 0 Å². The van der Waals surface area contributed by atoms with Crippen molar-refractivity contribution in [3.8, 4) is 11.1 Å². The highest BCUT2D eigenvalue weighted by Crippen LogP contribution is 2.49. The van der Waals surface area contributed by atoms with Crippen LogP contribution >= 0.6 is 7.60 Å². The first kappa shape index (κ1) is 34.4. The maximum atomic E-state index is 14.0. The Bertz CT molecular complexity index is 1210. The van der Waals surface area contributed by atoms with Crippen LogP contribution in [-0.4, -0.2) is 58.1 Å². The molecule has 2 atom stereocenters. The molecule has 2 fully saturated rings. The molecule has 242 valence electrons. The first-order valence-electron chi connectivity index (χ1n) is 16.6. The Hall–Kier alpha value is -2.51. The van der Waals surface area contributed by atoms with E-state index >= 15 is 0 Å². The number of carbonyl (C=O) groups excluding carboxylic acids is 2. The van der Waals surface area contributed by atoms with E-state index in [0.29, 0.717) is 19.4 Å². The third kappa shape index (κ3) is 10.5. The largest absolute Gasteiger partial charge is 0.466 e. The molecule has 44 heavy (non-hydrogen) atoms. The van der Waals surface area contributed by atoms with Gasteiger partial charge >= 0.3 is 13.6 Å². The third-order valence-corrected chi connectivity index (χ3v) is 10.6. The van der Waals surface area contributed by atoms with E-state index < -0.39 is 19.4 Å². The van der Waals surface area contributed by atoms with Crippen LogP contribution in [0.25, 0.3) is 11.1 Å². The zero-order valence-corrected chi connectivity index (χ0v) is 27.1. The number of nitrogens with zero attached hydrogens (tertiary/aromatic N) is 1. The molecule has 2 aromatic carbocycles. The summed E-state index contributed by atoms with van der Waals surface area (Å²) in [7, 11) is -4.59. The van der Waals surface area contributed by atoms with Gasteiger partial charge in [-0.25, -0.2) is 0 Å². The van der Waals surface area contributed by atoms with E-state index in [1.807, 2.05) is 47.4 Å². The second kappa shape index (κ2) is 17.3. The van der Waals surface area contributed by atoms with Crippen LogP contribution in [-0.2, 0) is 25.3 Å². The van der Waals surface area contributed by atoms with Crippen LogP contribution in [0, 0.1) is 11.8 Å². The molecule has 0 aliphatic heterocycles. The first-order chi connectivity index (χ1) is 21.2. The van der Waals surface area contributed by atoms with Gasteiger partial charge in [0.15, 0.2) is 0 Å². The van der Waals surface area contributed by atoms with Crippen LogP contribution in [0.5, 0.6) is 0 Å². The maximum Gasteiger partial charge on any atom is 0.342 e. The fourth-order valence-corrected chi connectivity index (χ4v) is 8.21. The number of benzene rings is 2. The second-order valence-corrected chi connectivity index (χ2v) is 14.4. The van der Waals surface area contributed by atoms with Crippen molar-refractivity contribution in [2.75, 3.05) is 19.7 Å². The molecular formula is C35H51N2O6P. The van der Waals surface area contributed by atoms with Crippen molar-refractivity contribution in [1.29, 1.82) is 0 Å². The molecule has 1 amide bonds. The highest BCUT2D eigenvalue weighted by Gasteiger charge is 2.43. The molecule has 2 aliphatic rings. The number of amides is 1. The predicted octanol–water partition coefficient (Wildman–Crippen LogP) is 6.69. The molecule has 4 rings (SSSR count). The molecule has 8 nitrogen and oxygen atoms in total. The molecule has 0 bridgehead atoms. The molecule has 9 heteroatoms. The van der Waals surface area contributed by atoms with Crippen LogP contribution in [0.3, 0.4) is 0 Å². The summed E-state index contributed by atoms with van der Waals surface area (Å²) in [6.07, 6.45) is 11.3. The van der Waals surface area contributed by atoms with E-state index in [9.17, 15) is 23.9 Å². The van der Waals surface area contributed by atoms with Crippen molar-refractivity contribution in [1.82, 2.24) is 10.2 Å². The molecular weight excluding hydrogens is 575 g/mol. The van der Waals surface area contributed by atoms with Crippen molar-refractivity contribution in [2.45, 2.75) is 102 Å². The van der Waals surface area contributed by atoms with Crippen LogP contribution in [0.1, 0.15) is 89.5 Å². The number of hydrogen-bond acceptors (Lipinski definition) is 5. The molecule has 0 saturated heterocycles. The zero-order valence-electron chi connectivity index (χ0n) is 26.2. The van der Waals surface area contributed by atoms with Gasteiger partial charge in [0.1, 0.15) is 5.78 Å². The van der Waals surface area contributed by atoms with Gasteiger partial charge in [-0.1, -0.05) is 106 Å². The molecule has 0 spiro atoms. The van der Waals surface area contributed by atoms with Crippen LogP contribution in [0.2, 0.25) is 0 Å². The second-order valence-electron chi connectivity index (χ2n) is 12.6. The summed E-state index contributed by atoms with van der Waals surface area (Å²) < 4.78 is 18.3. The lowest BCUT2D eigenvalue weighted by atomic mass is 9.85. The lowest BCUT2D eigenvalue weighted by molar-refractivity contribution is -0.143. The Morgan fingerprint density at radius 3 is 2.07 bits per heavy atom. The molecule has 0 radical (unpaired) electrons. The van der Waals surface area contributed by atoms with Gasteiger partial charge in [-0.05, 0) is 61.1 Å². The number of esters is 1. The summed E-state index contributed by atoms with van der Waals surface area (Å²) in [6.45, 7) is 2.60. The molecule has 3 N–H and O–H groups in total. The lowest BCUT2D eigenvalue weighted by Crippen LogP contribution is -2.54. The number of rotatable bonds is 15. The van der Waals surface area contributed by atoms with Gasteiger partial charge in [0.2, 0.25) is 5.91 Å². The van der Waals surface area contributed by atoms with Gasteiger partial charge in [-0.15, -0.1) is 0 Å². The minimum Gasteiger partial charge on any atom is -0.466 e. The normalized spacial score (nSPS) is 18.1. The van der Waals surface area contributed by atoms with Crippen LogP contribution in [0.15, 0.2) is 54.6 Å². The van der Waals surface area contributed by atoms with Gasteiger partial charge in [-0.3, -0.25) is 19.1 Å². The van der Waals surface area contributed by atoms with Gasteiger partial charge < -0.3 is 19.8 Å². The maximum absolute atomic E-state index is 14.0. The van der Waals surface area contributed by atoms with Crippen molar-refractivity contribution >= 4 is 19.5 Å². The van der Waals surface area contributed by atoms with Gasteiger partial charge in [0, 0.05) is 13.1 Å². The predicted molar refractivity (Wildman–Crippen MR) is 174 cm³/mol. The van der Waals surface area contributed by atoms with Crippen molar-refractivity contribution in [3.05, 3.63) is 60.2 Å². The third-order valence-electron chi connectivity index (χ3n) is 9.36. The van der Waals surface area contributed by atoms with Crippen LogP contribution < -0.4 is 5.32 Å². The standard InChI is InChI=1S/C35H51N2O6P/c1-2-43-34(38)22-23-36-35(39)32(24-28-18-20-31(21-19-28)30-16-10-5-11-17-30)37(26-29-14-8-4-9-15-29)33(44(40,41)42)25-27-12-6-3-7-13-27/h5,10-11,16-21,27,29,32-33H,2-4,6-9,12-15,22-26H2,1H3,(H,36,39)(H2,40,41,42). The molecule has 2 aliphatic carbocycles. The Balaban J connectivity index is 1.65. The molecule has 2 unspecified atom stereocenters. The average molecular weight is 627 g/mol. The van der Waals surface area contributed by atoms with Gasteiger partial charge in [0.25, 0.3) is 0 Å². The van der Waals surface area contributed by atoms with E-state index in [-0.39, 0.29) is 43.3 Å². The Labute approximate surface area is 263 Å². The molecule has 2 saturated carbocycles. The monoisotopic (exact) mass is 626 g/mol. The number of hydrogen-bond donors (Lipinski definition) is 3. The Morgan fingerprint density at radius 2 is 1.48 bits per heavy atom.